The minimum Gasteiger partial charge on any atom is -0.482 e. The van der Waals surface area contributed by atoms with Gasteiger partial charge in [0.15, 0.2) is 6.61 Å². The molecule has 0 aliphatic carbocycles. The predicted molar refractivity (Wildman–Crippen MR) is 120 cm³/mol. The van der Waals surface area contributed by atoms with Crippen molar-refractivity contribution >= 4 is 23.5 Å². The Morgan fingerprint density at radius 2 is 1.88 bits per heavy atom. The fourth-order valence-corrected chi connectivity index (χ4v) is 4.17. The minimum atomic E-state index is -1.07. The summed E-state index contributed by atoms with van der Waals surface area (Å²) in [5.74, 6) is -0.873. The molecular formula is C24H28ClNO6. The van der Waals surface area contributed by atoms with Gasteiger partial charge in [0, 0.05) is 35.4 Å². The lowest BCUT2D eigenvalue weighted by Crippen LogP contribution is -2.51. The van der Waals surface area contributed by atoms with E-state index in [2.05, 4.69) is 5.32 Å². The van der Waals surface area contributed by atoms with Crippen molar-refractivity contribution < 1.29 is 29.3 Å². The Balaban J connectivity index is 1.96. The van der Waals surface area contributed by atoms with E-state index < -0.39 is 24.2 Å². The lowest BCUT2D eigenvalue weighted by atomic mass is 9.81. The molecule has 1 saturated heterocycles. The number of amides is 1. The lowest BCUT2D eigenvalue weighted by Gasteiger charge is -2.43. The number of carbonyl (C=O) groups excluding carboxylic acids is 1. The summed E-state index contributed by atoms with van der Waals surface area (Å²) >= 11 is 6.05. The standard InChI is InChI=1S/C24H28ClNO6/c1-15-3-8-19(31-14-23(29)30)18(11-15)21-13-24(2,26-22(28)9-10-27)12-20(32-21)16-4-6-17(25)7-5-16/h3-8,11,20-21,27H,9-10,12-14H2,1-2H3,(H,26,28)(H,29,30)/t20-,21+,24-/m0/s1. The second-order valence-corrected chi connectivity index (χ2v) is 8.82. The third-order valence-electron chi connectivity index (χ3n) is 5.49. The summed E-state index contributed by atoms with van der Waals surface area (Å²) in [6.07, 6.45) is 0.218. The summed E-state index contributed by atoms with van der Waals surface area (Å²) in [5.41, 5.74) is 2.01. The Kier molecular flexibility index (Phi) is 7.77. The molecule has 3 N–H and O–H groups in total. The van der Waals surface area contributed by atoms with Crippen LogP contribution in [0.2, 0.25) is 5.02 Å². The van der Waals surface area contributed by atoms with Crippen LogP contribution < -0.4 is 10.1 Å². The van der Waals surface area contributed by atoms with Crippen molar-refractivity contribution in [3.8, 4) is 5.75 Å². The molecule has 1 fully saturated rings. The van der Waals surface area contributed by atoms with Crippen molar-refractivity contribution in [1.29, 1.82) is 0 Å². The molecule has 3 rings (SSSR count). The van der Waals surface area contributed by atoms with Gasteiger partial charge in [-0.1, -0.05) is 35.4 Å². The quantitative estimate of drug-likeness (QED) is 0.549. The fraction of sp³-hybridized carbons (Fsp3) is 0.417. The first kappa shape index (κ1) is 24.0. The van der Waals surface area contributed by atoms with Crippen LogP contribution in [-0.4, -0.2) is 40.8 Å². The monoisotopic (exact) mass is 461 g/mol. The second kappa shape index (κ2) is 10.3. The number of carboxylic acids is 1. The van der Waals surface area contributed by atoms with Gasteiger partial charge in [0.25, 0.3) is 0 Å². The zero-order valence-corrected chi connectivity index (χ0v) is 18.9. The summed E-state index contributed by atoms with van der Waals surface area (Å²) in [4.78, 5) is 23.4. The molecule has 1 amide bonds. The van der Waals surface area contributed by atoms with E-state index in [1.807, 2.05) is 38.1 Å². The summed E-state index contributed by atoms with van der Waals surface area (Å²) in [6.45, 7) is 3.20. The van der Waals surface area contributed by atoms with Gasteiger partial charge in [-0.2, -0.15) is 0 Å². The van der Waals surface area contributed by atoms with Crippen LogP contribution in [0.3, 0.4) is 0 Å². The van der Waals surface area contributed by atoms with Gasteiger partial charge in [0.05, 0.1) is 18.8 Å². The Morgan fingerprint density at radius 3 is 2.53 bits per heavy atom. The van der Waals surface area contributed by atoms with Gasteiger partial charge < -0.3 is 25.0 Å². The van der Waals surface area contributed by atoms with Gasteiger partial charge >= 0.3 is 5.97 Å². The maximum Gasteiger partial charge on any atom is 0.341 e. The van der Waals surface area contributed by atoms with Crippen LogP contribution in [0.5, 0.6) is 5.75 Å². The molecule has 0 bridgehead atoms. The molecular weight excluding hydrogens is 434 g/mol. The largest absolute Gasteiger partial charge is 0.482 e. The maximum absolute atomic E-state index is 12.3. The number of carboxylic acid groups (broad SMARTS) is 1. The van der Waals surface area contributed by atoms with E-state index >= 15 is 0 Å². The van der Waals surface area contributed by atoms with Gasteiger partial charge in [-0.3, -0.25) is 4.79 Å². The van der Waals surface area contributed by atoms with Crippen molar-refractivity contribution in [2.45, 2.75) is 50.9 Å². The van der Waals surface area contributed by atoms with Crippen LogP contribution in [0.1, 0.15) is 55.1 Å². The second-order valence-electron chi connectivity index (χ2n) is 8.38. The maximum atomic E-state index is 12.3. The number of rotatable bonds is 8. The number of carbonyl (C=O) groups is 2. The van der Waals surface area contributed by atoms with E-state index in [0.29, 0.717) is 23.6 Å². The molecule has 0 spiro atoms. The molecule has 172 valence electrons. The van der Waals surface area contributed by atoms with E-state index in [0.717, 1.165) is 16.7 Å². The highest BCUT2D eigenvalue weighted by Gasteiger charge is 2.41. The van der Waals surface area contributed by atoms with Crippen molar-refractivity contribution in [2.75, 3.05) is 13.2 Å². The van der Waals surface area contributed by atoms with E-state index in [9.17, 15) is 9.59 Å². The van der Waals surface area contributed by atoms with Gasteiger partial charge in [-0.15, -0.1) is 0 Å². The van der Waals surface area contributed by atoms with Gasteiger partial charge in [-0.25, -0.2) is 4.79 Å². The summed E-state index contributed by atoms with van der Waals surface area (Å²) in [6, 6.07) is 12.9. The molecule has 0 aromatic heterocycles. The topological polar surface area (TPSA) is 105 Å². The molecule has 32 heavy (non-hydrogen) atoms. The van der Waals surface area contributed by atoms with Crippen molar-refractivity contribution in [3.63, 3.8) is 0 Å². The Labute approximate surface area is 192 Å². The molecule has 8 heteroatoms. The van der Waals surface area contributed by atoms with Crippen LogP contribution in [0.25, 0.3) is 0 Å². The molecule has 1 aliphatic heterocycles. The molecule has 2 aromatic rings. The number of aliphatic carboxylic acids is 1. The summed E-state index contributed by atoms with van der Waals surface area (Å²) in [7, 11) is 0. The first-order valence-electron chi connectivity index (χ1n) is 10.5. The summed E-state index contributed by atoms with van der Waals surface area (Å²) < 4.78 is 12.0. The molecule has 1 heterocycles. The zero-order chi connectivity index (χ0) is 23.3. The summed E-state index contributed by atoms with van der Waals surface area (Å²) in [5, 5.41) is 21.9. The first-order chi connectivity index (χ1) is 15.2. The molecule has 0 unspecified atom stereocenters. The van der Waals surface area contributed by atoms with Crippen molar-refractivity contribution in [2.24, 2.45) is 0 Å². The van der Waals surface area contributed by atoms with Crippen LogP contribution in [-0.2, 0) is 14.3 Å². The SMILES string of the molecule is Cc1ccc(OCC(=O)O)c([C@H]2C[C@@](C)(NC(=O)CCO)C[C@@H](c3ccc(Cl)cc3)O2)c1. The number of aliphatic hydroxyl groups is 1. The third kappa shape index (κ3) is 6.22. The lowest BCUT2D eigenvalue weighted by molar-refractivity contribution is -0.139. The number of halogens is 1. The Bertz CT molecular complexity index is 963. The van der Waals surface area contributed by atoms with E-state index in [1.54, 1.807) is 18.2 Å². The highest BCUT2D eigenvalue weighted by atomic mass is 35.5. The predicted octanol–water partition coefficient (Wildman–Crippen LogP) is 3.96. The van der Waals surface area contributed by atoms with E-state index in [4.69, 9.17) is 31.3 Å². The van der Waals surface area contributed by atoms with Crippen molar-refractivity contribution in [3.05, 3.63) is 64.2 Å². The Hall–Kier alpha value is -2.61. The van der Waals surface area contributed by atoms with Crippen LogP contribution >= 0.6 is 11.6 Å². The number of ether oxygens (including phenoxy) is 2. The first-order valence-corrected chi connectivity index (χ1v) is 10.8. The third-order valence-corrected chi connectivity index (χ3v) is 5.74. The fourth-order valence-electron chi connectivity index (χ4n) is 4.05. The van der Waals surface area contributed by atoms with E-state index in [-0.39, 0.29) is 25.0 Å². The smallest absolute Gasteiger partial charge is 0.341 e. The van der Waals surface area contributed by atoms with Crippen molar-refractivity contribution in [1.82, 2.24) is 5.32 Å². The number of hydrogen-bond acceptors (Lipinski definition) is 5. The number of nitrogens with one attached hydrogen (secondary N) is 1. The number of aliphatic hydroxyl groups excluding tert-OH is 1. The average Bonchev–Trinajstić information content (AvgIpc) is 2.72. The van der Waals surface area contributed by atoms with E-state index in [1.165, 1.54) is 0 Å². The van der Waals surface area contributed by atoms with Gasteiger partial charge in [0.2, 0.25) is 5.91 Å². The van der Waals surface area contributed by atoms with Gasteiger partial charge in [0.1, 0.15) is 5.75 Å². The normalized spacial score (nSPS) is 22.9. The highest BCUT2D eigenvalue weighted by Crippen LogP contribution is 2.46. The minimum absolute atomic E-state index is 0.0180. The average molecular weight is 462 g/mol. The van der Waals surface area contributed by atoms with Gasteiger partial charge in [-0.05, 0) is 43.7 Å². The molecule has 1 aliphatic rings. The Morgan fingerprint density at radius 1 is 1.19 bits per heavy atom. The molecule has 0 radical (unpaired) electrons. The zero-order valence-electron chi connectivity index (χ0n) is 18.1. The molecule has 0 saturated carbocycles. The molecule has 3 atom stereocenters. The molecule has 7 nitrogen and oxygen atoms in total. The number of hydrogen-bond donors (Lipinski definition) is 3. The van der Waals surface area contributed by atoms with Crippen LogP contribution in [0, 0.1) is 6.92 Å². The molecule has 2 aromatic carbocycles. The highest BCUT2D eigenvalue weighted by molar-refractivity contribution is 6.30. The number of aryl methyl sites for hydroxylation is 1. The van der Waals surface area contributed by atoms with Crippen LogP contribution in [0.15, 0.2) is 42.5 Å². The van der Waals surface area contributed by atoms with Crippen LogP contribution in [0.4, 0.5) is 0 Å². The number of benzene rings is 2.